The number of benzene rings is 2. The molecule has 0 bridgehead atoms. The predicted molar refractivity (Wildman–Crippen MR) is 78.1 cm³/mol. The van der Waals surface area contributed by atoms with Crippen molar-refractivity contribution in [2.75, 3.05) is 0 Å². The lowest BCUT2D eigenvalue weighted by atomic mass is 10.1. The lowest BCUT2D eigenvalue weighted by molar-refractivity contribution is 0.0695. The second-order valence-electron chi connectivity index (χ2n) is 4.16. The molecule has 2 N–H and O–H groups in total. The highest BCUT2D eigenvalue weighted by molar-refractivity contribution is 9.10. The molecule has 2 rings (SSSR count). The second kappa shape index (κ2) is 6.50. The van der Waals surface area contributed by atoms with Crippen molar-refractivity contribution in [2.45, 2.75) is 13.1 Å². The zero-order valence-electron chi connectivity index (χ0n) is 10.3. The van der Waals surface area contributed by atoms with Crippen LogP contribution in [0.25, 0.3) is 0 Å². The molecule has 0 fully saturated rings. The Bertz CT molecular complexity index is 584. The summed E-state index contributed by atoms with van der Waals surface area (Å²) in [6.45, 7) is 1.22. The van der Waals surface area contributed by atoms with Crippen LogP contribution in [0.3, 0.4) is 0 Å². The van der Waals surface area contributed by atoms with Crippen LogP contribution < -0.4 is 5.32 Å². The third kappa shape index (κ3) is 3.66. The Hall–Kier alpha value is -1.65. The van der Waals surface area contributed by atoms with Crippen LogP contribution in [0, 0.1) is 0 Å². The quantitative estimate of drug-likeness (QED) is 0.887. The summed E-state index contributed by atoms with van der Waals surface area (Å²) in [5.74, 6) is -0.890. The molecule has 0 aliphatic carbocycles. The monoisotopic (exact) mass is 319 g/mol. The third-order valence-corrected chi connectivity index (χ3v) is 3.61. The lowest BCUT2D eigenvalue weighted by Gasteiger charge is -2.09. The summed E-state index contributed by atoms with van der Waals surface area (Å²) in [6.07, 6.45) is 0. The Kier molecular flexibility index (Phi) is 4.71. The van der Waals surface area contributed by atoms with E-state index in [-0.39, 0.29) is 0 Å². The van der Waals surface area contributed by atoms with Gasteiger partial charge in [-0.2, -0.15) is 0 Å². The number of aromatic carboxylic acids is 1. The Morgan fingerprint density at radius 1 is 1.00 bits per heavy atom. The smallest absolute Gasteiger partial charge is 0.336 e. The normalized spacial score (nSPS) is 10.4. The van der Waals surface area contributed by atoms with E-state index in [9.17, 15) is 4.79 Å². The number of nitrogens with one attached hydrogen (secondary N) is 1. The van der Waals surface area contributed by atoms with Crippen molar-refractivity contribution in [1.82, 2.24) is 5.32 Å². The molecule has 0 amide bonds. The molecule has 0 unspecified atom stereocenters. The van der Waals surface area contributed by atoms with Crippen LogP contribution >= 0.6 is 15.9 Å². The van der Waals surface area contributed by atoms with E-state index in [1.54, 1.807) is 12.1 Å². The number of carboxylic acid groups (broad SMARTS) is 1. The SMILES string of the molecule is O=C(O)c1ccccc1CNCc1ccccc1Br. The Labute approximate surface area is 120 Å². The molecule has 19 heavy (non-hydrogen) atoms. The fourth-order valence-corrected chi connectivity index (χ4v) is 2.28. The Morgan fingerprint density at radius 2 is 1.58 bits per heavy atom. The summed E-state index contributed by atoms with van der Waals surface area (Å²) in [5.41, 5.74) is 2.29. The summed E-state index contributed by atoms with van der Waals surface area (Å²) in [5, 5.41) is 12.4. The fraction of sp³-hybridized carbons (Fsp3) is 0.133. The summed E-state index contributed by atoms with van der Waals surface area (Å²) < 4.78 is 1.05. The molecule has 0 aromatic heterocycles. The van der Waals surface area contributed by atoms with Gasteiger partial charge in [0.1, 0.15) is 0 Å². The van der Waals surface area contributed by atoms with Gasteiger partial charge < -0.3 is 10.4 Å². The standard InChI is InChI=1S/C15H14BrNO2/c16-14-8-4-2-6-12(14)10-17-9-11-5-1-3-7-13(11)15(18)19/h1-8,17H,9-10H2,(H,18,19). The Morgan fingerprint density at radius 3 is 2.26 bits per heavy atom. The lowest BCUT2D eigenvalue weighted by Crippen LogP contribution is -2.15. The molecule has 0 radical (unpaired) electrons. The van der Waals surface area contributed by atoms with Gasteiger partial charge in [0, 0.05) is 17.6 Å². The summed E-state index contributed by atoms with van der Waals surface area (Å²) in [4.78, 5) is 11.1. The Balaban J connectivity index is 2.00. The molecule has 4 heteroatoms. The van der Waals surface area contributed by atoms with Gasteiger partial charge in [0.05, 0.1) is 5.56 Å². The summed E-state index contributed by atoms with van der Waals surface area (Å²) >= 11 is 3.49. The van der Waals surface area contributed by atoms with E-state index in [1.807, 2.05) is 36.4 Å². The van der Waals surface area contributed by atoms with Gasteiger partial charge in [0.25, 0.3) is 0 Å². The third-order valence-electron chi connectivity index (χ3n) is 2.84. The number of halogens is 1. The molecule has 98 valence electrons. The number of hydrogen-bond acceptors (Lipinski definition) is 2. The zero-order valence-corrected chi connectivity index (χ0v) is 11.9. The fourth-order valence-electron chi connectivity index (χ4n) is 1.86. The van der Waals surface area contributed by atoms with Crippen molar-refractivity contribution in [3.63, 3.8) is 0 Å². The highest BCUT2D eigenvalue weighted by Gasteiger charge is 2.08. The van der Waals surface area contributed by atoms with Gasteiger partial charge in [-0.1, -0.05) is 52.3 Å². The number of hydrogen-bond donors (Lipinski definition) is 2. The average Bonchev–Trinajstić information content (AvgIpc) is 2.41. The summed E-state index contributed by atoms with van der Waals surface area (Å²) in [7, 11) is 0. The van der Waals surface area contributed by atoms with Crippen LogP contribution in [-0.4, -0.2) is 11.1 Å². The maximum Gasteiger partial charge on any atom is 0.336 e. The minimum atomic E-state index is -0.890. The molecule has 2 aromatic rings. The summed E-state index contributed by atoms with van der Waals surface area (Å²) in [6, 6.07) is 15.0. The van der Waals surface area contributed by atoms with E-state index in [0.717, 1.165) is 15.6 Å². The second-order valence-corrected chi connectivity index (χ2v) is 5.01. The van der Waals surface area contributed by atoms with Gasteiger partial charge in [-0.25, -0.2) is 4.79 Å². The van der Waals surface area contributed by atoms with E-state index < -0.39 is 5.97 Å². The van der Waals surface area contributed by atoms with Crippen LogP contribution in [0.1, 0.15) is 21.5 Å². The molecule has 0 saturated heterocycles. The predicted octanol–water partition coefficient (Wildman–Crippen LogP) is 3.44. The molecule has 3 nitrogen and oxygen atoms in total. The van der Waals surface area contributed by atoms with Crippen LogP contribution in [0.5, 0.6) is 0 Å². The first kappa shape index (κ1) is 13.8. The molecule has 0 aliphatic heterocycles. The number of carbonyl (C=O) groups is 1. The van der Waals surface area contributed by atoms with E-state index in [0.29, 0.717) is 18.7 Å². The average molecular weight is 320 g/mol. The van der Waals surface area contributed by atoms with Gasteiger partial charge in [-0.15, -0.1) is 0 Å². The minimum Gasteiger partial charge on any atom is -0.478 e. The first-order valence-corrected chi connectivity index (χ1v) is 6.73. The molecule has 0 saturated carbocycles. The molecule has 2 aromatic carbocycles. The topological polar surface area (TPSA) is 49.3 Å². The van der Waals surface area contributed by atoms with Crippen molar-refractivity contribution in [3.8, 4) is 0 Å². The van der Waals surface area contributed by atoms with E-state index >= 15 is 0 Å². The van der Waals surface area contributed by atoms with Gasteiger partial charge in [0.2, 0.25) is 0 Å². The van der Waals surface area contributed by atoms with E-state index in [4.69, 9.17) is 5.11 Å². The first-order valence-electron chi connectivity index (χ1n) is 5.94. The van der Waals surface area contributed by atoms with Crippen molar-refractivity contribution in [3.05, 3.63) is 69.7 Å². The highest BCUT2D eigenvalue weighted by atomic mass is 79.9. The van der Waals surface area contributed by atoms with Crippen molar-refractivity contribution < 1.29 is 9.90 Å². The molecule has 0 spiro atoms. The molecule has 0 aliphatic rings. The number of carboxylic acids is 1. The largest absolute Gasteiger partial charge is 0.478 e. The maximum atomic E-state index is 11.1. The van der Waals surface area contributed by atoms with Crippen molar-refractivity contribution >= 4 is 21.9 Å². The van der Waals surface area contributed by atoms with Gasteiger partial charge in [-0.05, 0) is 23.3 Å². The minimum absolute atomic E-state index is 0.349. The van der Waals surface area contributed by atoms with Gasteiger partial charge in [0.15, 0.2) is 0 Å². The maximum absolute atomic E-state index is 11.1. The molecule has 0 heterocycles. The van der Waals surface area contributed by atoms with Gasteiger partial charge in [-0.3, -0.25) is 0 Å². The highest BCUT2D eigenvalue weighted by Crippen LogP contribution is 2.16. The van der Waals surface area contributed by atoms with E-state index in [2.05, 4.69) is 21.2 Å². The van der Waals surface area contributed by atoms with E-state index in [1.165, 1.54) is 0 Å². The molecule has 0 atom stereocenters. The van der Waals surface area contributed by atoms with Crippen LogP contribution in [0.15, 0.2) is 53.0 Å². The van der Waals surface area contributed by atoms with Gasteiger partial charge >= 0.3 is 5.97 Å². The van der Waals surface area contributed by atoms with Crippen molar-refractivity contribution in [2.24, 2.45) is 0 Å². The van der Waals surface area contributed by atoms with Crippen LogP contribution in [0.2, 0.25) is 0 Å². The van der Waals surface area contributed by atoms with Crippen LogP contribution in [-0.2, 0) is 13.1 Å². The molecular formula is C15H14BrNO2. The first-order chi connectivity index (χ1) is 9.18. The zero-order chi connectivity index (χ0) is 13.7. The van der Waals surface area contributed by atoms with Crippen LogP contribution in [0.4, 0.5) is 0 Å². The molecular weight excluding hydrogens is 306 g/mol. The van der Waals surface area contributed by atoms with Crippen molar-refractivity contribution in [1.29, 1.82) is 0 Å². The number of rotatable bonds is 5.